The molecular formula is C12H19N3. The fourth-order valence-corrected chi connectivity index (χ4v) is 1.85. The van der Waals surface area contributed by atoms with Crippen LogP contribution >= 0.6 is 0 Å². The number of hydrogen-bond donors (Lipinski definition) is 1. The number of pyridine rings is 1. The van der Waals surface area contributed by atoms with Gasteiger partial charge in [-0.25, -0.2) is 4.98 Å². The second kappa shape index (κ2) is 4.62. The normalized spacial score (nSPS) is 15.7. The quantitative estimate of drug-likeness (QED) is 0.798. The second-order valence-electron chi connectivity index (χ2n) is 4.06. The Morgan fingerprint density at radius 3 is 2.87 bits per heavy atom. The zero-order valence-corrected chi connectivity index (χ0v) is 9.53. The molecule has 0 atom stereocenters. The Bertz CT molecular complexity index is 320. The van der Waals surface area contributed by atoms with E-state index in [0.717, 1.165) is 30.6 Å². The van der Waals surface area contributed by atoms with Crippen molar-refractivity contribution in [1.29, 1.82) is 0 Å². The Labute approximate surface area is 91.5 Å². The summed E-state index contributed by atoms with van der Waals surface area (Å²) >= 11 is 0. The largest absolute Gasteiger partial charge is 0.373 e. The predicted octanol–water partition coefficient (Wildman–Crippen LogP) is 2.11. The predicted molar refractivity (Wildman–Crippen MR) is 62.9 cm³/mol. The lowest BCUT2D eigenvalue weighted by Gasteiger charge is -2.19. The highest BCUT2D eigenvalue weighted by Gasteiger charge is 2.27. The number of nitrogens with one attached hydrogen (secondary N) is 1. The maximum Gasteiger partial charge on any atom is 0.126 e. The summed E-state index contributed by atoms with van der Waals surface area (Å²) in [5.41, 5.74) is 1.16. The van der Waals surface area contributed by atoms with Crippen molar-refractivity contribution in [1.82, 2.24) is 9.88 Å². The summed E-state index contributed by atoms with van der Waals surface area (Å²) in [5, 5.41) is 3.07. The van der Waals surface area contributed by atoms with Gasteiger partial charge in [-0.05, 0) is 31.5 Å². The highest BCUT2D eigenvalue weighted by molar-refractivity contribution is 5.34. The zero-order valence-electron chi connectivity index (χ0n) is 9.53. The van der Waals surface area contributed by atoms with Crippen molar-refractivity contribution in [3.8, 4) is 0 Å². The molecule has 1 aromatic heterocycles. The van der Waals surface area contributed by atoms with Crippen molar-refractivity contribution in [2.24, 2.45) is 0 Å². The maximum absolute atomic E-state index is 4.54. The zero-order chi connectivity index (χ0) is 10.7. The first-order valence-corrected chi connectivity index (χ1v) is 5.71. The van der Waals surface area contributed by atoms with Gasteiger partial charge >= 0.3 is 0 Å². The molecule has 0 unspecified atom stereocenters. The second-order valence-corrected chi connectivity index (χ2v) is 4.06. The molecule has 82 valence electrons. The fraction of sp³-hybridized carbons (Fsp3) is 0.583. The first-order chi connectivity index (χ1) is 7.33. The molecule has 1 heterocycles. The van der Waals surface area contributed by atoms with Gasteiger partial charge in [0, 0.05) is 19.6 Å². The Hall–Kier alpha value is -1.09. The first kappa shape index (κ1) is 10.4. The molecule has 0 radical (unpaired) electrons. The molecule has 3 nitrogen and oxygen atoms in total. The monoisotopic (exact) mass is 205 g/mol. The lowest BCUT2D eigenvalue weighted by atomic mass is 10.3. The molecule has 0 spiro atoms. The smallest absolute Gasteiger partial charge is 0.126 e. The van der Waals surface area contributed by atoms with Crippen LogP contribution in [-0.2, 0) is 6.54 Å². The van der Waals surface area contributed by atoms with E-state index in [0.29, 0.717) is 0 Å². The van der Waals surface area contributed by atoms with Gasteiger partial charge in [-0.15, -0.1) is 0 Å². The van der Waals surface area contributed by atoms with Crippen LogP contribution in [0.2, 0.25) is 0 Å². The summed E-state index contributed by atoms with van der Waals surface area (Å²) in [5.74, 6) is 0.958. The maximum atomic E-state index is 4.54. The molecule has 1 aromatic rings. The molecule has 3 heteroatoms. The molecule has 0 aromatic carbocycles. The van der Waals surface area contributed by atoms with Crippen molar-refractivity contribution in [2.75, 3.05) is 18.9 Å². The molecule has 1 fully saturated rings. The average Bonchev–Trinajstić information content (AvgIpc) is 3.10. The minimum atomic E-state index is 0.815. The molecule has 15 heavy (non-hydrogen) atoms. The molecule has 0 bridgehead atoms. The minimum absolute atomic E-state index is 0.815. The molecule has 0 saturated heterocycles. The van der Waals surface area contributed by atoms with E-state index < -0.39 is 0 Å². The summed E-state index contributed by atoms with van der Waals surface area (Å²) in [4.78, 5) is 7.04. The van der Waals surface area contributed by atoms with Gasteiger partial charge in [-0.3, -0.25) is 4.90 Å². The van der Waals surface area contributed by atoms with Crippen molar-refractivity contribution in [3.05, 3.63) is 23.9 Å². The van der Waals surface area contributed by atoms with Crippen LogP contribution in [0, 0.1) is 0 Å². The Balaban J connectivity index is 2.01. The third-order valence-electron chi connectivity index (χ3n) is 2.90. The number of hydrogen-bond acceptors (Lipinski definition) is 3. The lowest BCUT2D eigenvalue weighted by Crippen LogP contribution is -2.25. The van der Waals surface area contributed by atoms with E-state index in [4.69, 9.17) is 0 Å². The van der Waals surface area contributed by atoms with Crippen LogP contribution < -0.4 is 5.32 Å². The van der Waals surface area contributed by atoms with Gasteiger partial charge < -0.3 is 5.32 Å². The first-order valence-electron chi connectivity index (χ1n) is 5.71. The van der Waals surface area contributed by atoms with Gasteiger partial charge in [-0.1, -0.05) is 13.0 Å². The van der Waals surface area contributed by atoms with Gasteiger partial charge in [0.05, 0.1) is 5.69 Å². The minimum Gasteiger partial charge on any atom is -0.373 e. The molecule has 1 saturated carbocycles. The standard InChI is InChI=1S/C12H19N3/c1-3-15(11-7-8-11)9-10-5-4-6-12(13-2)14-10/h4-6,11H,3,7-9H2,1-2H3,(H,13,14). The van der Waals surface area contributed by atoms with Crippen molar-refractivity contribution >= 4 is 5.82 Å². The lowest BCUT2D eigenvalue weighted by molar-refractivity contribution is 0.266. The van der Waals surface area contributed by atoms with E-state index in [2.05, 4.69) is 34.3 Å². The fourth-order valence-electron chi connectivity index (χ4n) is 1.85. The SMILES string of the molecule is CCN(Cc1cccc(NC)n1)C1CC1. The van der Waals surface area contributed by atoms with Crippen LogP contribution in [0.1, 0.15) is 25.5 Å². The van der Waals surface area contributed by atoms with Crippen LogP contribution in [0.15, 0.2) is 18.2 Å². The van der Waals surface area contributed by atoms with Crippen molar-refractivity contribution in [2.45, 2.75) is 32.4 Å². The number of anilines is 1. The van der Waals surface area contributed by atoms with Crippen LogP contribution in [-0.4, -0.2) is 29.5 Å². The van der Waals surface area contributed by atoms with Gasteiger partial charge in [0.1, 0.15) is 5.82 Å². The van der Waals surface area contributed by atoms with E-state index in [9.17, 15) is 0 Å². The number of aromatic nitrogens is 1. The molecular weight excluding hydrogens is 186 g/mol. The van der Waals surface area contributed by atoms with Crippen LogP contribution in [0.25, 0.3) is 0 Å². The molecule has 1 aliphatic rings. The van der Waals surface area contributed by atoms with Gasteiger partial charge in [0.2, 0.25) is 0 Å². The summed E-state index contributed by atoms with van der Waals surface area (Å²) in [6.07, 6.45) is 2.72. The molecule has 0 aliphatic heterocycles. The van der Waals surface area contributed by atoms with Crippen LogP contribution in [0.3, 0.4) is 0 Å². The summed E-state index contributed by atoms with van der Waals surface area (Å²) in [7, 11) is 1.91. The molecule has 1 N–H and O–H groups in total. The summed E-state index contributed by atoms with van der Waals surface area (Å²) in [6, 6.07) is 6.98. The van der Waals surface area contributed by atoms with E-state index in [1.165, 1.54) is 12.8 Å². The van der Waals surface area contributed by atoms with Gasteiger partial charge in [0.15, 0.2) is 0 Å². The van der Waals surface area contributed by atoms with E-state index >= 15 is 0 Å². The Kier molecular flexibility index (Phi) is 3.21. The van der Waals surface area contributed by atoms with Crippen LogP contribution in [0.4, 0.5) is 5.82 Å². The van der Waals surface area contributed by atoms with Crippen molar-refractivity contribution < 1.29 is 0 Å². The highest BCUT2D eigenvalue weighted by Crippen LogP contribution is 2.27. The Morgan fingerprint density at radius 2 is 2.27 bits per heavy atom. The molecule has 2 rings (SSSR count). The highest BCUT2D eigenvalue weighted by atomic mass is 15.2. The van der Waals surface area contributed by atoms with Gasteiger partial charge in [0.25, 0.3) is 0 Å². The van der Waals surface area contributed by atoms with E-state index in [1.54, 1.807) is 0 Å². The van der Waals surface area contributed by atoms with Crippen LogP contribution in [0.5, 0.6) is 0 Å². The van der Waals surface area contributed by atoms with E-state index in [-0.39, 0.29) is 0 Å². The van der Waals surface area contributed by atoms with Crippen molar-refractivity contribution in [3.63, 3.8) is 0 Å². The topological polar surface area (TPSA) is 28.2 Å². The molecule has 1 aliphatic carbocycles. The Morgan fingerprint density at radius 1 is 1.47 bits per heavy atom. The summed E-state index contributed by atoms with van der Waals surface area (Å²) < 4.78 is 0. The third-order valence-corrected chi connectivity index (χ3v) is 2.90. The summed E-state index contributed by atoms with van der Waals surface area (Å²) in [6.45, 7) is 4.33. The number of nitrogens with zero attached hydrogens (tertiary/aromatic N) is 2. The third kappa shape index (κ3) is 2.69. The average molecular weight is 205 g/mol. The van der Waals surface area contributed by atoms with E-state index in [1.807, 2.05) is 13.1 Å². The number of rotatable bonds is 5. The van der Waals surface area contributed by atoms with Gasteiger partial charge in [-0.2, -0.15) is 0 Å². The molecule has 0 amide bonds.